The number of halogens is 4. The first-order chi connectivity index (χ1) is 14.7. The summed E-state index contributed by atoms with van der Waals surface area (Å²) in [6.07, 6.45) is -0.924. The molecule has 1 aromatic carbocycles. The first-order valence-corrected chi connectivity index (χ1v) is 10.2. The van der Waals surface area contributed by atoms with Crippen LogP contribution >= 0.6 is 0 Å². The number of hydrogen-bond donors (Lipinski definition) is 2. The number of aliphatic hydroxyl groups excluding tert-OH is 1. The Hall–Kier alpha value is -2.46. The Bertz CT molecular complexity index is 963. The predicted molar refractivity (Wildman–Crippen MR) is 102 cm³/mol. The van der Waals surface area contributed by atoms with E-state index in [0.29, 0.717) is 56.2 Å². The lowest BCUT2D eigenvalue weighted by Crippen LogP contribution is -2.35. The van der Waals surface area contributed by atoms with E-state index in [1.807, 2.05) is 0 Å². The number of carbonyl (C=O) groups excluding carboxylic acids is 1. The number of nitrogens with one attached hydrogen (secondary N) is 1. The second-order valence-electron chi connectivity index (χ2n) is 8.06. The number of aromatic nitrogens is 2. The molecule has 1 aliphatic heterocycles. The van der Waals surface area contributed by atoms with Crippen LogP contribution in [0.4, 0.5) is 17.6 Å². The van der Waals surface area contributed by atoms with E-state index in [0.717, 1.165) is 12.1 Å². The standard InChI is InChI=1S/C21H23F4N3O3/c22-16-10-14(9-15(11-16)21(23,24)25)20(3-4-20)26-19(30)17-12-28(5-6-29)27-18(17)13-1-7-31-8-2-13/h9-13,29H,1-8H2,(H,26,30). The fourth-order valence-corrected chi connectivity index (χ4v) is 4.03. The van der Waals surface area contributed by atoms with E-state index in [4.69, 9.17) is 4.74 Å². The average Bonchev–Trinajstić information content (AvgIpc) is 3.38. The lowest BCUT2D eigenvalue weighted by atomic mass is 9.93. The van der Waals surface area contributed by atoms with E-state index in [9.17, 15) is 27.5 Å². The van der Waals surface area contributed by atoms with Crippen LogP contribution in [0.3, 0.4) is 0 Å². The Labute approximate surface area is 176 Å². The molecule has 0 bridgehead atoms. The molecule has 0 atom stereocenters. The summed E-state index contributed by atoms with van der Waals surface area (Å²) in [4.78, 5) is 13.1. The Morgan fingerprint density at radius 3 is 2.58 bits per heavy atom. The maximum Gasteiger partial charge on any atom is 0.416 e. The third-order valence-corrected chi connectivity index (χ3v) is 5.85. The summed E-state index contributed by atoms with van der Waals surface area (Å²) in [5.74, 6) is -1.46. The van der Waals surface area contributed by atoms with Gasteiger partial charge in [-0.1, -0.05) is 0 Å². The zero-order chi connectivity index (χ0) is 22.2. The van der Waals surface area contributed by atoms with Gasteiger partial charge in [-0.15, -0.1) is 0 Å². The topological polar surface area (TPSA) is 76.4 Å². The van der Waals surface area contributed by atoms with Gasteiger partial charge in [-0.05, 0) is 49.4 Å². The fourth-order valence-electron chi connectivity index (χ4n) is 4.03. The van der Waals surface area contributed by atoms with Gasteiger partial charge in [0.2, 0.25) is 0 Å². The Balaban J connectivity index is 1.62. The molecule has 0 spiro atoms. The van der Waals surface area contributed by atoms with Crippen LogP contribution in [0.15, 0.2) is 24.4 Å². The van der Waals surface area contributed by atoms with Crippen molar-refractivity contribution in [1.82, 2.24) is 15.1 Å². The van der Waals surface area contributed by atoms with Gasteiger partial charge < -0.3 is 15.2 Å². The van der Waals surface area contributed by atoms with Crippen molar-refractivity contribution < 1.29 is 32.2 Å². The van der Waals surface area contributed by atoms with Crippen molar-refractivity contribution in [3.05, 3.63) is 52.6 Å². The van der Waals surface area contributed by atoms with Crippen molar-refractivity contribution in [2.24, 2.45) is 0 Å². The molecule has 31 heavy (non-hydrogen) atoms. The summed E-state index contributed by atoms with van der Waals surface area (Å²) in [5, 5.41) is 16.5. The molecule has 1 amide bonds. The van der Waals surface area contributed by atoms with Crippen LogP contribution in [0.25, 0.3) is 0 Å². The maximum absolute atomic E-state index is 13.9. The highest BCUT2D eigenvalue weighted by molar-refractivity contribution is 5.96. The largest absolute Gasteiger partial charge is 0.416 e. The molecule has 1 saturated heterocycles. The summed E-state index contributed by atoms with van der Waals surface area (Å²) in [5.41, 5.74) is -1.12. The van der Waals surface area contributed by atoms with E-state index >= 15 is 0 Å². The predicted octanol–water partition coefficient (Wildman–Crippen LogP) is 3.35. The van der Waals surface area contributed by atoms with Crippen molar-refractivity contribution in [3.8, 4) is 0 Å². The number of carbonyl (C=O) groups is 1. The molecular formula is C21H23F4N3O3. The summed E-state index contributed by atoms with van der Waals surface area (Å²) in [6.45, 7) is 1.16. The van der Waals surface area contributed by atoms with Crippen molar-refractivity contribution in [3.63, 3.8) is 0 Å². The van der Waals surface area contributed by atoms with Gasteiger partial charge >= 0.3 is 6.18 Å². The Morgan fingerprint density at radius 2 is 1.97 bits per heavy atom. The monoisotopic (exact) mass is 441 g/mol. The van der Waals surface area contributed by atoms with Crippen molar-refractivity contribution in [2.75, 3.05) is 19.8 Å². The molecule has 0 unspecified atom stereocenters. The van der Waals surface area contributed by atoms with Gasteiger partial charge in [0.05, 0.1) is 35.5 Å². The van der Waals surface area contributed by atoms with Crippen molar-refractivity contribution >= 4 is 5.91 Å². The number of benzene rings is 1. The van der Waals surface area contributed by atoms with Crippen molar-refractivity contribution in [1.29, 1.82) is 0 Å². The molecule has 1 aromatic heterocycles. The molecule has 2 fully saturated rings. The fraction of sp³-hybridized carbons (Fsp3) is 0.524. The number of hydrogen-bond acceptors (Lipinski definition) is 4. The highest BCUT2D eigenvalue weighted by atomic mass is 19.4. The van der Waals surface area contributed by atoms with Crippen molar-refractivity contribution in [2.45, 2.75) is 49.9 Å². The second kappa shape index (κ2) is 8.23. The molecule has 4 rings (SSSR count). The molecule has 2 aromatic rings. The van der Waals surface area contributed by atoms with Crippen LogP contribution in [0.5, 0.6) is 0 Å². The minimum atomic E-state index is -4.68. The molecule has 168 valence electrons. The van der Waals surface area contributed by atoms with Crippen LogP contribution in [-0.2, 0) is 23.0 Å². The third-order valence-electron chi connectivity index (χ3n) is 5.85. The summed E-state index contributed by atoms with van der Waals surface area (Å²) >= 11 is 0. The first-order valence-electron chi connectivity index (χ1n) is 10.2. The Morgan fingerprint density at radius 1 is 1.26 bits per heavy atom. The SMILES string of the molecule is O=C(NC1(c2cc(F)cc(C(F)(F)F)c2)CC1)c1cn(CCO)nc1C1CCOCC1. The van der Waals surface area contributed by atoms with Gasteiger partial charge in [-0.2, -0.15) is 18.3 Å². The van der Waals surface area contributed by atoms with Gasteiger partial charge in [-0.25, -0.2) is 4.39 Å². The number of amides is 1. The number of rotatable bonds is 6. The molecule has 2 aliphatic rings. The van der Waals surface area contributed by atoms with Gasteiger partial charge in [0, 0.05) is 25.3 Å². The molecule has 6 nitrogen and oxygen atoms in total. The molecule has 10 heteroatoms. The summed E-state index contributed by atoms with van der Waals surface area (Å²) in [6, 6.07) is 2.38. The average molecular weight is 441 g/mol. The van der Waals surface area contributed by atoms with Gasteiger partial charge in [0.15, 0.2) is 0 Å². The van der Waals surface area contributed by atoms with Crippen LogP contribution in [0.2, 0.25) is 0 Å². The molecule has 1 aliphatic carbocycles. The first kappa shape index (κ1) is 21.8. The van der Waals surface area contributed by atoms with Crippen LogP contribution in [0, 0.1) is 5.82 Å². The molecule has 2 heterocycles. The summed E-state index contributed by atoms with van der Waals surface area (Å²) in [7, 11) is 0. The Kier molecular flexibility index (Phi) is 5.78. The van der Waals surface area contributed by atoms with Gasteiger partial charge in [-0.3, -0.25) is 9.48 Å². The van der Waals surface area contributed by atoms with Gasteiger partial charge in [0.25, 0.3) is 5.91 Å². The normalized spacial score (nSPS) is 18.7. The van der Waals surface area contributed by atoms with Crippen LogP contribution in [-0.4, -0.2) is 40.6 Å². The number of nitrogens with zero attached hydrogens (tertiary/aromatic N) is 2. The zero-order valence-corrected chi connectivity index (χ0v) is 16.7. The molecular weight excluding hydrogens is 418 g/mol. The van der Waals surface area contributed by atoms with E-state index in [-0.39, 0.29) is 24.6 Å². The molecule has 1 saturated carbocycles. The minimum absolute atomic E-state index is 0.00981. The number of aliphatic hydroxyl groups is 1. The smallest absolute Gasteiger partial charge is 0.394 e. The molecule has 0 radical (unpaired) electrons. The zero-order valence-electron chi connectivity index (χ0n) is 16.7. The second-order valence-corrected chi connectivity index (χ2v) is 8.06. The van der Waals surface area contributed by atoms with E-state index in [1.54, 1.807) is 6.20 Å². The van der Waals surface area contributed by atoms with Crippen LogP contribution in [0.1, 0.15) is 58.8 Å². The highest BCUT2D eigenvalue weighted by Gasteiger charge is 2.47. The number of alkyl halides is 3. The quantitative estimate of drug-likeness (QED) is 0.675. The molecule has 2 N–H and O–H groups in total. The number of ether oxygens (including phenoxy) is 1. The lowest BCUT2D eigenvalue weighted by Gasteiger charge is -2.23. The van der Waals surface area contributed by atoms with E-state index in [1.165, 1.54) is 4.68 Å². The van der Waals surface area contributed by atoms with Crippen LogP contribution < -0.4 is 5.32 Å². The lowest BCUT2D eigenvalue weighted by molar-refractivity contribution is -0.137. The third kappa shape index (κ3) is 4.59. The van der Waals surface area contributed by atoms with E-state index in [2.05, 4.69) is 10.4 Å². The maximum atomic E-state index is 13.9. The van der Waals surface area contributed by atoms with Gasteiger partial charge in [0.1, 0.15) is 5.82 Å². The summed E-state index contributed by atoms with van der Waals surface area (Å²) < 4.78 is 60.1. The highest BCUT2D eigenvalue weighted by Crippen LogP contribution is 2.47. The minimum Gasteiger partial charge on any atom is -0.394 e. The van der Waals surface area contributed by atoms with E-state index < -0.39 is 29.0 Å².